The van der Waals surface area contributed by atoms with E-state index in [1.165, 1.54) is 0 Å². The Morgan fingerprint density at radius 3 is 2.08 bits per heavy atom. The van der Waals surface area contributed by atoms with Crippen molar-refractivity contribution < 1.29 is 14.4 Å². The molecule has 72 valence electrons. The van der Waals surface area contributed by atoms with Gasteiger partial charge in [0.05, 0.1) is 11.6 Å². The molecular weight excluding hydrogens is 174 g/mol. The van der Waals surface area contributed by atoms with Crippen LogP contribution in [0.15, 0.2) is 5.16 Å². The molecule has 0 aromatic heterocycles. The summed E-state index contributed by atoms with van der Waals surface area (Å²) in [6, 6.07) is 0. The standard InChI is InChI=1S/C7H11N3O3/c1-3-4(2)10-13-7(3,5(8)11)6(9)12/h3H,1-2H3,(H2,8,11)(H2,9,12). The van der Waals surface area contributed by atoms with Crippen LogP contribution in [0.4, 0.5) is 0 Å². The van der Waals surface area contributed by atoms with E-state index in [1.807, 2.05) is 0 Å². The Balaban J connectivity index is 3.11. The Labute approximate surface area is 74.9 Å². The number of nitrogens with zero attached hydrogens (tertiary/aromatic N) is 1. The third-order valence-corrected chi connectivity index (χ3v) is 2.30. The summed E-state index contributed by atoms with van der Waals surface area (Å²) >= 11 is 0. The summed E-state index contributed by atoms with van der Waals surface area (Å²) in [7, 11) is 0. The molecule has 6 heteroatoms. The molecule has 1 unspecified atom stereocenters. The van der Waals surface area contributed by atoms with E-state index in [-0.39, 0.29) is 0 Å². The summed E-state index contributed by atoms with van der Waals surface area (Å²) in [6.45, 7) is 3.25. The Hall–Kier alpha value is -1.59. The highest BCUT2D eigenvalue weighted by Gasteiger charge is 2.55. The normalized spacial score (nSPS) is 24.8. The molecule has 1 heterocycles. The van der Waals surface area contributed by atoms with Gasteiger partial charge >= 0.3 is 0 Å². The van der Waals surface area contributed by atoms with Gasteiger partial charge in [-0.25, -0.2) is 0 Å². The Bertz CT molecular complexity index is 283. The van der Waals surface area contributed by atoms with E-state index >= 15 is 0 Å². The maximum Gasteiger partial charge on any atom is 0.298 e. The van der Waals surface area contributed by atoms with Gasteiger partial charge in [0.15, 0.2) is 0 Å². The zero-order valence-electron chi connectivity index (χ0n) is 7.40. The molecule has 0 saturated heterocycles. The lowest BCUT2D eigenvalue weighted by atomic mass is 9.85. The minimum atomic E-state index is -1.80. The van der Waals surface area contributed by atoms with Gasteiger partial charge in [0.2, 0.25) is 0 Å². The predicted molar refractivity (Wildman–Crippen MR) is 44.5 cm³/mol. The average Bonchev–Trinajstić information content (AvgIpc) is 2.30. The van der Waals surface area contributed by atoms with Gasteiger partial charge in [-0.1, -0.05) is 12.1 Å². The molecule has 0 radical (unpaired) electrons. The summed E-state index contributed by atoms with van der Waals surface area (Å²) in [5, 5.41) is 3.53. The molecule has 0 aromatic rings. The van der Waals surface area contributed by atoms with Crippen molar-refractivity contribution in [2.75, 3.05) is 0 Å². The molecule has 2 amide bonds. The van der Waals surface area contributed by atoms with Crippen LogP contribution in [0.2, 0.25) is 0 Å². The summed E-state index contributed by atoms with van der Waals surface area (Å²) in [4.78, 5) is 26.8. The molecule has 0 aromatic carbocycles. The molecule has 13 heavy (non-hydrogen) atoms. The van der Waals surface area contributed by atoms with Crippen molar-refractivity contribution in [2.45, 2.75) is 19.4 Å². The Kier molecular flexibility index (Phi) is 1.99. The zero-order valence-corrected chi connectivity index (χ0v) is 7.40. The van der Waals surface area contributed by atoms with Crippen LogP contribution in [0.3, 0.4) is 0 Å². The van der Waals surface area contributed by atoms with Crippen LogP contribution < -0.4 is 11.5 Å². The summed E-state index contributed by atoms with van der Waals surface area (Å²) in [5.41, 5.74) is 8.82. The number of nitrogens with two attached hydrogens (primary N) is 2. The van der Waals surface area contributed by atoms with Crippen LogP contribution in [0, 0.1) is 5.92 Å². The largest absolute Gasteiger partial charge is 0.368 e. The van der Waals surface area contributed by atoms with Crippen LogP contribution in [0.1, 0.15) is 13.8 Å². The van der Waals surface area contributed by atoms with E-state index in [2.05, 4.69) is 5.16 Å². The maximum atomic E-state index is 11.0. The second-order valence-electron chi connectivity index (χ2n) is 3.01. The van der Waals surface area contributed by atoms with Crippen LogP contribution in [-0.4, -0.2) is 23.1 Å². The van der Waals surface area contributed by atoms with E-state index in [0.29, 0.717) is 5.71 Å². The summed E-state index contributed by atoms with van der Waals surface area (Å²) in [5.74, 6) is -2.33. The fraction of sp³-hybridized carbons (Fsp3) is 0.571. The van der Waals surface area contributed by atoms with Crippen molar-refractivity contribution in [2.24, 2.45) is 22.5 Å². The average molecular weight is 185 g/mol. The second kappa shape index (κ2) is 2.72. The molecular formula is C7H11N3O3. The number of carbonyl (C=O) groups excluding carboxylic acids is 2. The molecule has 0 bridgehead atoms. The predicted octanol–water partition coefficient (Wildman–Crippen LogP) is -1.26. The minimum Gasteiger partial charge on any atom is -0.368 e. The third-order valence-electron chi connectivity index (χ3n) is 2.30. The number of oxime groups is 1. The highest BCUT2D eigenvalue weighted by Crippen LogP contribution is 2.29. The van der Waals surface area contributed by atoms with Crippen LogP contribution in [0.25, 0.3) is 0 Å². The Morgan fingerprint density at radius 1 is 1.46 bits per heavy atom. The highest BCUT2D eigenvalue weighted by atomic mass is 16.7. The molecule has 0 spiro atoms. The lowest BCUT2D eigenvalue weighted by Gasteiger charge is -2.23. The number of hydrogen-bond donors (Lipinski definition) is 2. The van der Waals surface area contributed by atoms with Gasteiger partial charge in [0.1, 0.15) is 0 Å². The number of primary amides is 2. The SMILES string of the molecule is CC1=NOC(C(N)=O)(C(N)=O)C1C. The van der Waals surface area contributed by atoms with Crippen LogP contribution in [0.5, 0.6) is 0 Å². The first kappa shape index (κ1) is 9.50. The minimum absolute atomic E-state index is 0.512. The van der Waals surface area contributed by atoms with Crippen molar-refractivity contribution >= 4 is 17.5 Å². The van der Waals surface area contributed by atoms with E-state index in [0.717, 1.165) is 0 Å². The van der Waals surface area contributed by atoms with E-state index in [1.54, 1.807) is 13.8 Å². The van der Waals surface area contributed by atoms with Crippen LogP contribution in [-0.2, 0) is 14.4 Å². The van der Waals surface area contributed by atoms with Gasteiger partial charge in [-0.15, -0.1) is 0 Å². The van der Waals surface area contributed by atoms with E-state index in [9.17, 15) is 9.59 Å². The monoisotopic (exact) mass is 185 g/mol. The molecule has 1 rings (SSSR count). The number of hydrogen-bond acceptors (Lipinski definition) is 4. The number of carbonyl (C=O) groups is 2. The lowest BCUT2D eigenvalue weighted by molar-refractivity contribution is -0.157. The molecule has 0 aliphatic carbocycles. The molecule has 6 nitrogen and oxygen atoms in total. The van der Waals surface area contributed by atoms with E-state index in [4.69, 9.17) is 16.3 Å². The highest BCUT2D eigenvalue weighted by molar-refractivity contribution is 6.12. The van der Waals surface area contributed by atoms with Crippen molar-refractivity contribution in [1.29, 1.82) is 0 Å². The first-order chi connectivity index (χ1) is 5.93. The molecule has 1 aliphatic rings. The molecule has 0 saturated carbocycles. The van der Waals surface area contributed by atoms with Crippen LogP contribution >= 0.6 is 0 Å². The molecule has 0 fully saturated rings. The Morgan fingerprint density at radius 2 is 1.92 bits per heavy atom. The van der Waals surface area contributed by atoms with Gasteiger partial charge in [-0.3, -0.25) is 9.59 Å². The van der Waals surface area contributed by atoms with Gasteiger partial charge in [-0.2, -0.15) is 0 Å². The lowest BCUT2D eigenvalue weighted by Crippen LogP contribution is -2.58. The molecule has 4 N–H and O–H groups in total. The fourth-order valence-electron chi connectivity index (χ4n) is 1.23. The van der Waals surface area contributed by atoms with Gasteiger partial charge in [0, 0.05) is 0 Å². The third kappa shape index (κ3) is 1.06. The van der Waals surface area contributed by atoms with Gasteiger partial charge in [0.25, 0.3) is 17.4 Å². The topological polar surface area (TPSA) is 108 Å². The van der Waals surface area contributed by atoms with Crippen molar-refractivity contribution in [3.8, 4) is 0 Å². The quantitative estimate of drug-likeness (QED) is 0.524. The van der Waals surface area contributed by atoms with Crippen molar-refractivity contribution in [1.82, 2.24) is 0 Å². The summed E-state index contributed by atoms with van der Waals surface area (Å²) in [6.07, 6.45) is 0. The number of amides is 2. The zero-order chi connectivity index (χ0) is 10.2. The van der Waals surface area contributed by atoms with Crippen molar-refractivity contribution in [3.63, 3.8) is 0 Å². The number of rotatable bonds is 2. The van der Waals surface area contributed by atoms with Gasteiger partial charge in [-0.05, 0) is 6.92 Å². The fourth-order valence-corrected chi connectivity index (χ4v) is 1.23. The summed E-state index contributed by atoms with van der Waals surface area (Å²) < 4.78 is 0. The smallest absolute Gasteiger partial charge is 0.298 e. The van der Waals surface area contributed by atoms with Crippen molar-refractivity contribution in [3.05, 3.63) is 0 Å². The second-order valence-corrected chi connectivity index (χ2v) is 3.01. The van der Waals surface area contributed by atoms with E-state index < -0.39 is 23.3 Å². The first-order valence-electron chi connectivity index (χ1n) is 3.75. The molecule has 1 aliphatic heterocycles. The first-order valence-corrected chi connectivity index (χ1v) is 3.75. The van der Waals surface area contributed by atoms with Gasteiger partial charge < -0.3 is 16.3 Å². The molecule has 1 atom stereocenters. The maximum absolute atomic E-state index is 11.0.